The van der Waals surface area contributed by atoms with Gasteiger partial charge in [0.1, 0.15) is 6.61 Å². The van der Waals surface area contributed by atoms with Gasteiger partial charge in [-0.25, -0.2) is 4.79 Å². The minimum atomic E-state index is -0.782. The quantitative estimate of drug-likeness (QED) is 0.852. The molecule has 1 fully saturated rings. The molecule has 2 atom stereocenters. The summed E-state index contributed by atoms with van der Waals surface area (Å²) >= 11 is 0. The van der Waals surface area contributed by atoms with Crippen LogP contribution >= 0.6 is 0 Å². The smallest absolute Gasteiger partial charge is 0.407 e. The van der Waals surface area contributed by atoms with Crippen molar-refractivity contribution in [3.63, 3.8) is 0 Å². The molecular formula is C14H17NO4. The van der Waals surface area contributed by atoms with E-state index in [0.29, 0.717) is 13.0 Å². The van der Waals surface area contributed by atoms with E-state index in [4.69, 9.17) is 9.84 Å². The van der Waals surface area contributed by atoms with Crippen molar-refractivity contribution in [1.82, 2.24) is 5.32 Å². The molecule has 0 bridgehead atoms. The Balaban J connectivity index is 1.66. The number of benzene rings is 1. The molecule has 5 nitrogen and oxygen atoms in total. The van der Waals surface area contributed by atoms with E-state index in [2.05, 4.69) is 5.32 Å². The van der Waals surface area contributed by atoms with Crippen molar-refractivity contribution < 1.29 is 19.4 Å². The molecule has 102 valence electrons. The first-order chi connectivity index (χ1) is 9.16. The van der Waals surface area contributed by atoms with Crippen molar-refractivity contribution in [1.29, 1.82) is 0 Å². The van der Waals surface area contributed by atoms with E-state index < -0.39 is 12.1 Å². The molecule has 0 aliphatic heterocycles. The Kier molecular flexibility index (Phi) is 4.39. The summed E-state index contributed by atoms with van der Waals surface area (Å²) in [6.07, 6.45) is 1.04. The number of carbonyl (C=O) groups is 2. The largest absolute Gasteiger partial charge is 0.481 e. The molecular weight excluding hydrogens is 246 g/mol. The van der Waals surface area contributed by atoms with Crippen LogP contribution in [0.25, 0.3) is 0 Å². The van der Waals surface area contributed by atoms with Crippen molar-refractivity contribution in [2.45, 2.75) is 19.4 Å². The normalized spacial score (nSPS) is 21.3. The zero-order chi connectivity index (χ0) is 13.7. The van der Waals surface area contributed by atoms with Crippen LogP contribution in [0, 0.1) is 11.8 Å². The summed E-state index contributed by atoms with van der Waals surface area (Å²) in [4.78, 5) is 22.3. The summed E-state index contributed by atoms with van der Waals surface area (Å²) in [6.45, 7) is 0.588. The Bertz CT molecular complexity index is 446. The van der Waals surface area contributed by atoms with E-state index in [1.165, 1.54) is 0 Å². The second-order valence-corrected chi connectivity index (χ2v) is 4.72. The third-order valence-electron chi connectivity index (χ3n) is 3.46. The van der Waals surface area contributed by atoms with Gasteiger partial charge in [0.05, 0.1) is 5.92 Å². The Labute approximate surface area is 111 Å². The Morgan fingerprint density at radius 3 is 2.58 bits per heavy atom. The number of amides is 1. The first-order valence-electron chi connectivity index (χ1n) is 6.34. The lowest BCUT2D eigenvalue weighted by molar-refractivity contribution is -0.147. The summed E-state index contributed by atoms with van der Waals surface area (Å²) < 4.78 is 5.05. The summed E-state index contributed by atoms with van der Waals surface area (Å²) in [5, 5.41) is 11.5. The van der Waals surface area contributed by atoms with Crippen molar-refractivity contribution >= 4 is 12.1 Å². The van der Waals surface area contributed by atoms with Crippen molar-refractivity contribution in [2.75, 3.05) is 6.54 Å². The molecule has 2 N–H and O–H groups in total. The average Bonchev–Trinajstić information content (AvgIpc) is 2.36. The van der Waals surface area contributed by atoms with Crippen molar-refractivity contribution in [2.24, 2.45) is 11.8 Å². The van der Waals surface area contributed by atoms with Crippen molar-refractivity contribution in [3.05, 3.63) is 35.9 Å². The number of aliphatic carboxylic acids is 1. The molecule has 0 saturated heterocycles. The molecule has 1 aliphatic carbocycles. The predicted octanol–water partition coefficient (Wildman–Crippen LogP) is 2.02. The molecule has 0 heterocycles. The zero-order valence-electron chi connectivity index (χ0n) is 10.5. The molecule has 0 aromatic heterocycles. The highest BCUT2D eigenvalue weighted by Crippen LogP contribution is 2.33. The number of carboxylic acid groups (broad SMARTS) is 1. The molecule has 19 heavy (non-hydrogen) atoms. The van der Waals surface area contributed by atoms with Crippen LogP contribution in [0.4, 0.5) is 4.79 Å². The van der Waals surface area contributed by atoms with Gasteiger partial charge in [-0.1, -0.05) is 30.3 Å². The fourth-order valence-electron chi connectivity index (χ4n) is 2.13. The molecule has 0 spiro atoms. The third-order valence-corrected chi connectivity index (χ3v) is 3.46. The average molecular weight is 263 g/mol. The van der Waals surface area contributed by atoms with Crippen LogP contribution in [0.15, 0.2) is 30.3 Å². The molecule has 1 amide bonds. The molecule has 1 aromatic carbocycles. The first kappa shape index (κ1) is 13.4. The van der Waals surface area contributed by atoms with E-state index in [1.807, 2.05) is 30.3 Å². The summed E-state index contributed by atoms with van der Waals surface area (Å²) in [5.41, 5.74) is 0.921. The number of alkyl carbamates (subject to hydrolysis) is 1. The monoisotopic (exact) mass is 263 g/mol. The Morgan fingerprint density at radius 2 is 2.00 bits per heavy atom. The molecule has 0 radical (unpaired) electrons. The van der Waals surface area contributed by atoms with Gasteiger partial charge in [0.2, 0.25) is 0 Å². The van der Waals surface area contributed by atoms with Crippen LogP contribution in [0.1, 0.15) is 18.4 Å². The molecule has 1 aliphatic rings. The maximum Gasteiger partial charge on any atom is 0.407 e. The third kappa shape index (κ3) is 3.71. The topological polar surface area (TPSA) is 75.6 Å². The second kappa shape index (κ2) is 6.22. The Morgan fingerprint density at radius 1 is 1.26 bits per heavy atom. The number of nitrogens with one attached hydrogen (secondary N) is 1. The van der Waals surface area contributed by atoms with E-state index in [9.17, 15) is 9.59 Å². The summed E-state index contributed by atoms with van der Waals surface area (Å²) in [5.74, 6) is -1.08. The van der Waals surface area contributed by atoms with Gasteiger partial charge in [0, 0.05) is 6.54 Å². The standard InChI is InChI=1S/C14H17NO4/c16-13(17)12-7-6-11(12)8-15-14(18)19-9-10-4-2-1-3-5-10/h1-5,11-12H,6-9H2,(H,15,18)(H,16,17). The van der Waals surface area contributed by atoms with E-state index in [0.717, 1.165) is 12.0 Å². The van der Waals surface area contributed by atoms with Gasteiger partial charge >= 0.3 is 12.1 Å². The highest BCUT2D eigenvalue weighted by atomic mass is 16.5. The SMILES string of the molecule is O=C(NCC1CCC1C(=O)O)OCc1ccccc1. The summed E-state index contributed by atoms with van der Waals surface area (Å²) in [6, 6.07) is 9.40. The van der Waals surface area contributed by atoms with Gasteiger partial charge in [0.25, 0.3) is 0 Å². The van der Waals surface area contributed by atoms with Crippen molar-refractivity contribution in [3.8, 4) is 0 Å². The second-order valence-electron chi connectivity index (χ2n) is 4.72. The van der Waals surface area contributed by atoms with Gasteiger partial charge < -0.3 is 15.2 Å². The lowest BCUT2D eigenvalue weighted by Gasteiger charge is -2.33. The minimum Gasteiger partial charge on any atom is -0.481 e. The maximum absolute atomic E-state index is 11.5. The minimum absolute atomic E-state index is 0.0294. The van der Waals surface area contributed by atoms with Gasteiger partial charge in [-0.3, -0.25) is 4.79 Å². The number of carbonyl (C=O) groups excluding carboxylic acids is 1. The van der Waals surface area contributed by atoms with E-state index in [1.54, 1.807) is 0 Å². The van der Waals surface area contributed by atoms with E-state index >= 15 is 0 Å². The fraction of sp³-hybridized carbons (Fsp3) is 0.429. The van der Waals surface area contributed by atoms with Crippen LogP contribution in [-0.4, -0.2) is 23.7 Å². The maximum atomic E-state index is 11.5. The Hall–Kier alpha value is -2.04. The van der Waals surface area contributed by atoms with Crippen LogP contribution in [0.3, 0.4) is 0 Å². The molecule has 2 unspecified atom stereocenters. The summed E-state index contributed by atoms with van der Waals surface area (Å²) in [7, 11) is 0. The van der Waals surface area contributed by atoms with Gasteiger partial charge in [-0.15, -0.1) is 0 Å². The fourth-order valence-corrected chi connectivity index (χ4v) is 2.13. The number of hydrogen-bond acceptors (Lipinski definition) is 3. The number of ether oxygens (including phenoxy) is 1. The van der Waals surface area contributed by atoms with Crippen LogP contribution in [-0.2, 0) is 16.1 Å². The van der Waals surface area contributed by atoms with Gasteiger partial charge in [0.15, 0.2) is 0 Å². The zero-order valence-corrected chi connectivity index (χ0v) is 10.5. The number of carboxylic acids is 1. The van der Waals surface area contributed by atoms with Gasteiger partial charge in [-0.05, 0) is 24.3 Å². The molecule has 1 aromatic rings. The number of hydrogen-bond donors (Lipinski definition) is 2. The predicted molar refractivity (Wildman–Crippen MR) is 68.5 cm³/mol. The first-order valence-corrected chi connectivity index (χ1v) is 6.34. The highest BCUT2D eigenvalue weighted by Gasteiger charge is 2.36. The van der Waals surface area contributed by atoms with E-state index in [-0.39, 0.29) is 18.4 Å². The number of rotatable bonds is 5. The lowest BCUT2D eigenvalue weighted by Crippen LogP contribution is -2.41. The highest BCUT2D eigenvalue weighted by molar-refractivity contribution is 5.72. The van der Waals surface area contributed by atoms with Crippen LogP contribution in [0.2, 0.25) is 0 Å². The van der Waals surface area contributed by atoms with Crippen LogP contribution in [0.5, 0.6) is 0 Å². The van der Waals surface area contributed by atoms with Gasteiger partial charge in [-0.2, -0.15) is 0 Å². The lowest BCUT2D eigenvalue weighted by atomic mass is 9.74. The molecule has 1 saturated carbocycles. The molecule has 2 rings (SSSR count). The molecule has 5 heteroatoms. The van der Waals surface area contributed by atoms with Crippen LogP contribution < -0.4 is 5.32 Å².